The number of ether oxygens (including phenoxy) is 1. The number of rotatable bonds is 4. The van der Waals surface area contributed by atoms with E-state index in [0.29, 0.717) is 47.5 Å². The molecule has 2 N–H and O–H groups in total. The number of hydrogen-bond donors (Lipinski definition) is 2. The molecule has 0 radical (unpaired) electrons. The average Bonchev–Trinajstić information content (AvgIpc) is 3.53. The molecule has 0 bridgehead atoms. The first-order chi connectivity index (χ1) is 16.4. The van der Waals surface area contributed by atoms with Crippen molar-refractivity contribution in [2.24, 2.45) is 7.05 Å². The molecule has 1 fully saturated rings. The van der Waals surface area contributed by atoms with Crippen LogP contribution in [0.5, 0.6) is 0 Å². The first-order valence-electron chi connectivity index (χ1n) is 11.1. The molecule has 2 atom stereocenters. The number of aromatic nitrogens is 7. The summed E-state index contributed by atoms with van der Waals surface area (Å²) < 4.78 is 7.38. The van der Waals surface area contributed by atoms with Crippen molar-refractivity contribution in [2.45, 2.75) is 31.8 Å². The highest BCUT2D eigenvalue weighted by atomic mass is 16.5. The molecule has 6 rings (SSSR count). The summed E-state index contributed by atoms with van der Waals surface area (Å²) in [6.07, 6.45) is 7.56. The number of nitrogens with one attached hydrogen (secondary N) is 2. The van der Waals surface area contributed by atoms with Crippen molar-refractivity contribution >= 4 is 22.9 Å². The fraction of sp³-hybridized carbons (Fsp3) is 0.348. The van der Waals surface area contributed by atoms with E-state index in [9.17, 15) is 4.79 Å². The monoisotopic (exact) mass is 457 g/mol. The number of nitrogens with zero attached hydrogens (tertiary/aromatic N) is 7. The van der Waals surface area contributed by atoms with Gasteiger partial charge in [0.2, 0.25) is 5.91 Å². The Morgan fingerprint density at radius 3 is 2.71 bits per heavy atom. The van der Waals surface area contributed by atoms with E-state index < -0.39 is 5.54 Å². The smallest absolute Gasteiger partial charge is 0.250 e. The van der Waals surface area contributed by atoms with Crippen molar-refractivity contribution in [3.8, 4) is 22.6 Å². The maximum Gasteiger partial charge on any atom is 0.250 e. The molecule has 6 heterocycles. The van der Waals surface area contributed by atoms with Gasteiger partial charge in [0.1, 0.15) is 40.5 Å². The van der Waals surface area contributed by atoms with Gasteiger partial charge in [0, 0.05) is 49.4 Å². The van der Waals surface area contributed by atoms with Crippen LogP contribution in [0.2, 0.25) is 0 Å². The van der Waals surface area contributed by atoms with Crippen molar-refractivity contribution < 1.29 is 9.53 Å². The zero-order valence-electron chi connectivity index (χ0n) is 19.0. The number of imidazole rings is 1. The van der Waals surface area contributed by atoms with Gasteiger partial charge >= 0.3 is 0 Å². The van der Waals surface area contributed by atoms with Crippen molar-refractivity contribution in [2.75, 3.05) is 18.5 Å². The third kappa shape index (κ3) is 3.16. The van der Waals surface area contributed by atoms with Gasteiger partial charge < -0.3 is 14.6 Å². The van der Waals surface area contributed by atoms with Crippen molar-refractivity contribution in [1.29, 1.82) is 0 Å². The molecule has 0 saturated carbocycles. The second kappa shape index (κ2) is 7.61. The topological polar surface area (TPSA) is 133 Å². The lowest BCUT2D eigenvalue weighted by molar-refractivity contribution is -0.121. The lowest BCUT2D eigenvalue weighted by Crippen LogP contribution is -2.50. The van der Waals surface area contributed by atoms with Crippen LogP contribution >= 0.6 is 0 Å². The molecule has 0 aromatic carbocycles. The van der Waals surface area contributed by atoms with Gasteiger partial charge in [0.05, 0.1) is 12.2 Å². The minimum atomic E-state index is -0.919. The Morgan fingerprint density at radius 2 is 1.94 bits per heavy atom. The van der Waals surface area contributed by atoms with E-state index in [1.807, 2.05) is 31.5 Å². The van der Waals surface area contributed by atoms with Gasteiger partial charge in [0.15, 0.2) is 5.65 Å². The summed E-state index contributed by atoms with van der Waals surface area (Å²) in [5.41, 5.74) is 3.35. The van der Waals surface area contributed by atoms with Gasteiger partial charge in [-0.05, 0) is 26.3 Å². The summed E-state index contributed by atoms with van der Waals surface area (Å²) in [6, 6.07) is 2.06. The molecule has 2 aliphatic rings. The van der Waals surface area contributed by atoms with E-state index in [0.717, 1.165) is 23.1 Å². The third-order valence-electron chi connectivity index (χ3n) is 6.50. The predicted molar refractivity (Wildman–Crippen MR) is 124 cm³/mol. The summed E-state index contributed by atoms with van der Waals surface area (Å²) in [4.78, 5) is 39.8. The number of fused-ring (bicyclic) bond motifs is 2. The molecule has 11 nitrogen and oxygen atoms in total. The van der Waals surface area contributed by atoms with Gasteiger partial charge in [-0.25, -0.2) is 29.9 Å². The van der Waals surface area contributed by atoms with E-state index in [1.165, 1.54) is 6.33 Å². The van der Waals surface area contributed by atoms with E-state index in [2.05, 4.69) is 35.6 Å². The minimum Gasteiger partial charge on any atom is -0.380 e. The van der Waals surface area contributed by atoms with E-state index >= 15 is 0 Å². The number of carbonyl (C=O) groups is 1. The van der Waals surface area contributed by atoms with Gasteiger partial charge in [-0.2, -0.15) is 0 Å². The number of carbonyl (C=O) groups excluding carboxylic acids is 1. The normalized spacial score (nSPS) is 21.7. The Balaban J connectivity index is 1.45. The summed E-state index contributed by atoms with van der Waals surface area (Å²) >= 11 is 0. The third-order valence-corrected chi connectivity index (χ3v) is 6.50. The largest absolute Gasteiger partial charge is 0.380 e. The molecule has 0 aliphatic carbocycles. The van der Waals surface area contributed by atoms with E-state index in [4.69, 9.17) is 9.72 Å². The molecule has 4 aromatic heterocycles. The standard InChI is InChI=1S/C23H23N9O2/c1-12-24-8-14(9-25-12)20-29-18-17(27-11-28-21(18)32(20)3)13-6-16-19(26-7-13)30-22(33)23(16,2)31-15-4-5-34-10-15/h6-9,11,15,31H,4-5,10H2,1-3H3,(H,26,30,33)/t15-,23+/m0/s1. The first-order valence-corrected chi connectivity index (χ1v) is 11.1. The maximum absolute atomic E-state index is 12.9. The molecule has 2 aliphatic heterocycles. The van der Waals surface area contributed by atoms with Crippen LogP contribution in [0.15, 0.2) is 31.0 Å². The number of hydrogen-bond acceptors (Lipinski definition) is 9. The van der Waals surface area contributed by atoms with Crippen LogP contribution in [0.4, 0.5) is 5.82 Å². The number of pyridine rings is 1. The fourth-order valence-electron chi connectivity index (χ4n) is 4.61. The summed E-state index contributed by atoms with van der Waals surface area (Å²) in [5, 5.41) is 6.37. The van der Waals surface area contributed by atoms with Crippen molar-refractivity contribution in [3.05, 3.63) is 42.4 Å². The van der Waals surface area contributed by atoms with Gasteiger partial charge in [-0.3, -0.25) is 10.1 Å². The summed E-state index contributed by atoms with van der Waals surface area (Å²) in [5.74, 6) is 1.80. The molecule has 11 heteroatoms. The number of amides is 1. The van der Waals surface area contributed by atoms with Crippen molar-refractivity contribution in [1.82, 2.24) is 39.8 Å². The summed E-state index contributed by atoms with van der Waals surface area (Å²) in [6.45, 7) is 4.99. The highest BCUT2D eigenvalue weighted by molar-refractivity contribution is 6.05. The van der Waals surface area contributed by atoms with E-state index in [1.54, 1.807) is 18.6 Å². The Hall–Kier alpha value is -3.83. The molecule has 34 heavy (non-hydrogen) atoms. The Labute approximate surface area is 195 Å². The molecular formula is C23H23N9O2. The van der Waals surface area contributed by atoms with Gasteiger partial charge in [-0.1, -0.05) is 0 Å². The SMILES string of the molecule is Cc1ncc(-c2nc3c(-c4cnc5c(c4)[C@@](C)(N[C@H]4CCOC4)C(=O)N5)ncnc3n2C)cn1. The van der Waals surface area contributed by atoms with Crippen LogP contribution in [0, 0.1) is 6.92 Å². The Bertz CT molecular complexity index is 1430. The molecule has 4 aromatic rings. The first kappa shape index (κ1) is 20.8. The second-order valence-electron chi connectivity index (χ2n) is 8.81. The van der Waals surface area contributed by atoms with Crippen LogP contribution in [-0.2, 0) is 22.1 Å². The molecule has 0 spiro atoms. The fourth-order valence-corrected chi connectivity index (χ4v) is 4.61. The highest BCUT2D eigenvalue weighted by Crippen LogP contribution is 2.38. The molecule has 1 amide bonds. The summed E-state index contributed by atoms with van der Waals surface area (Å²) in [7, 11) is 1.90. The molecule has 172 valence electrons. The Morgan fingerprint density at radius 1 is 1.15 bits per heavy atom. The van der Waals surface area contributed by atoms with Crippen LogP contribution in [0.25, 0.3) is 33.8 Å². The lowest BCUT2D eigenvalue weighted by Gasteiger charge is -2.27. The predicted octanol–water partition coefficient (Wildman–Crippen LogP) is 1.74. The number of aryl methyl sites for hydroxylation is 2. The molecular weight excluding hydrogens is 434 g/mol. The quantitative estimate of drug-likeness (QED) is 0.470. The van der Waals surface area contributed by atoms with Gasteiger partial charge in [0.25, 0.3) is 0 Å². The molecule has 1 saturated heterocycles. The van der Waals surface area contributed by atoms with Crippen LogP contribution in [0.3, 0.4) is 0 Å². The lowest BCUT2D eigenvalue weighted by atomic mass is 9.92. The number of anilines is 1. The van der Waals surface area contributed by atoms with E-state index in [-0.39, 0.29) is 11.9 Å². The second-order valence-corrected chi connectivity index (χ2v) is 8.81. The minimum absolute atomic E-state index is 0.103. The Kier molecular flexibility index (Phi) is 4.64. The van der Waals surface area contributed by atoms with Crippen LogP contribution < -0.4 is 10.6 Å². The average molecular weight is 457 g/mol. The zero-order valence-corrected chi connectivity index (χ0v) is 19.0. The zero-order chi connectivity index (χ0) is 23.4. The maximum atomic E-state index is 12.9. The van der Waals surface area contributed by atoms with Crippen molar-refractivity contribution in [3.63, 3.8) is 0 Å². The van der Waals surface area contributed by atoms with Crippen LogP contribution in [0.1, 0.15) is 24.7 Å². The molecule has 0 unspecified atom stereocenters. The van der Waals surface area contributed by atoms with Crippen LogP contribution in [-0.4, -0.2) is 59.6 Å². The van der Waals surface area contributed by atoms with Gasteiger partial charge in [-0.15, -0.1) is 0 Å². The highest BCUT2D eigenvalue weighted by Gasteiger charge is 2.45.